The predicted molar refractivity (Wildman–Crippen MR) is 79.3 cm³/mol. The van der Waals surface area contributed by atoms with Crippen LogP contribution in [0.15, 0.2) is 28.7 Å². The van der Waals surface area contributed by atoms with Crippen molar-refractivity contribution in [1.29, 1.82) is 0 Å². The molecule has 0 bridgehead atoms. The Morgan fingerprint density at radius 1 is 1.26 bits per heavy atom. The summed E-state index contributed by atoms with van der Waals surface area (Å²) >= 11 is 3.44. The third-order valence-corrected chi connectivity index (χ3v) is 3.80. The van der Waals surface area contributed by atoms with Crippen molar-refractivity contribution in [3.05, 3.63) is 34.3 Å². The van der Waals surface area contributed by atoms with Gasteiger partial charge in [0.15, 0.2) is 0 Å². The van der Waals surface area contributed by atoms with Gasteiger partial charge in [0.05, 0.1) is 0 Å². The molecule has 1 aliphatic heterocycles. The zero-order chi connectivity index (χ0) is 14.3. The van der Waals surface area contributed by atoms with E-state index >= 15 is 0 Å². The van der Waals surface area contributed by atoms with Crippen molar-refractivity contribution in [1.82, 2.24) is 4.90 Å². The van der Waals surface area contributed by atoms with Crippen molar-refractivity contribution in [3.63, 3.8) is 0 Å². The van der Waals surface area contributed by atoms with Crippen LogP contribution in [0, 0.1) is 0 Å². The van der Waals surface area contributed by atoms with E-state index in [-0.39, 0.29) is 11.5 Å². The van der Waals surface area contributed by atoms with Crippen LogP contribution in [0.5, 0.6) is 0 Å². The van der Waals surface area contributed by atoms with E-state index in [1.807, 2.05) is 32.9 Å². The molecule has 0 saturated carbocycles. The highest BCUT2D eigenvalue weighted by molar-refractivity contribution is 9.10. The second-order valence-electron chi connectivity index (χ2n) is 6.40. The zero-order valence-corrected chi connectivity index (χ0v) is 13.5. The summed E-state index contributed by atoms with van der Waals surface area (Å²) in [6.45, 7) is 9.26. The third kappa shape index (κ3) is 3.30. The van der Waals surface area contributed by atoms with Gasteiger partial charge in [-0.15, -0.1) is 0 Å². The topological polar surface area (TPSA) is 29.5 Å². The van der Waals surface area contributed by atoms with E-state index in [1.54, 1.807) is 4.90 Å². The van der Waals surface area contributed by atoms with Crippen LogP contribution in [0.25, 0.3) is 0 Å². The first-order valence-electron chi connectivity index (χ1n) is 6.44. The minimum absolute atomic E-state index is 0.0393. The molecule has 0 spiro atoms. The highest BCUT2D eigenvalue weighted by Gasteiger charge is 2.43. The Morgan fingerprint density at radius 3 is 2.26 bits per heavy atom. The highest BCUT2D eigenvalue weighted by atomic mass is 79.9. The predicted octanol–water partition coefficient (Wildman–Crippen LogP) is 3.96. The second-order valence-corrected chi connectivity index (χ2v) is 7.32. The Hall–Kier alpha value is -1.03. The van der Waals surface area contributed by atoms with Crippen LogP contribution < -0.4 is 0 Å². The molecule has 1 fully saturated rings. The minimum Gasteiger partial charge on any atom is -0.444 e. The summed E-state index contributed by atoms with van der Waals surface area (Å²) in [6, 6.07) is 8.29. The van der Waals surface area contributed by atoms with Crippen LogP contribution in [0.1, 0.15) is 33.3 Å². The second kappa shape index (κ2) is 4.82. The van der Waals surface area contributed by atoms with Crippen molar-refractivity contribution in [3.8, 4) is 0 Å². The van der Waals surface area contributed by atoms with Gasteiger partial charge in [0.25, 0.3) is 0 Å². The average molecular weight is 326 g/mol. The first-order chi connectivity index (χ1) is 8.70. The number of hydrogen-bond acceptors (Lipinski definition) is 2. The molecule has 1 aromatic carbocycles. The van der Waals surface area contributed by atoms with Crippen molar-refractivity contribution in [2.24, 2.45) is 0 Å². The van der Waals surface area contributed by atoms with Gasteiger partial charge < -0.3 is 9.64 Å². The van der Waals surface area contributed by atoms with Gasteiger partial charge in [-0.3, -0.25) is 0 Å². The molecule has 0 radical (unpaired) electrons. The van der Waals surface area contributed by atoms with Crippen molar-refractivity contribution >= 4 is 22.0 Å². The summed E-state index contributed by atoms with van der Waals surface area (Å²) in [7, 11) is 0. The molecule has 1 saturated heterocycles. The lowest BCUT2D eigenvalue weighted by Gasteiger charge is -2.48. The van der Waals surface area contributed by atoms with Crippen LogP contribution >= 0.6 is 15.9 Å². The maximum atomic E-state index is 11.9. The van der Waals surface area contributed by atoms with E-state index in [0.717, 1.165) is 4.47 Å². The quantitative estimate of drug-likeness (QED) is 0.782. The monoisotopic (exact) mass is 325 g/mol. The zero-order valence-electron chi connectivity index (χ0n) is 11.9. The molecule has 104 valence electrons. The molecular formula is C15H20BrNO2. The lowest BCUT2D eigenvalue weighted by Crippen LogP contribution is -2.60. The van der Waals surface area contributed by atoms with Gasteiger partial charge in [0.1, 0.15) is 5.60 Å². The van der Waals surface area contributed by atoms with Gasteiger partial charge >= 0.3 is 6.09 Å². The van der Waals surface area contributed by atoms with Gasteiger partial charge in [-0.2, -0.15) is 0 Å². The average Bonchev–Trinajstić information content (AvgIpc) is 2.23. The lowest BCUT2D eigenvalue weighted by molar-refractivity contribution is -0.00650. The molecular weight excluding hydrogens is 306 g/mol. The molecule has 0 aromatic heterocycles. The largest absolute Gasteiger partial charge is 0.444 e. The van der Waals surface area contributed by atoms with Gasteiger partial charge in [-0.1, -0.05) is 35.0 Å². The van der Waals surface area contributed by atoms with E-state index in [4.69, 9.17) is 4.74 Å². The summed E-state index contributed by atoms with van der Waals surface area (Å²) in [5.41, 5.74) is 0.869. The molecule has 0 N–H and O–H groups in total. The number of amides is 1. The fraction of sp³-hybridized carbons (Fsp3) is 0.533. The molecule has 0 unspecified atom stereocenters. The molecule has 2 rings (SSSR count). The summed E-state index contributed by atoms with van der Waals surface area (Å²) < 4.78 is 6.44. The number of hydrogen-bond donors (Lipinski definition) is 0. The Morgan fingerprint density at radius 2 is 1.79 bits per heavy atom. The fourth-order valence-electron chi connectivity index (χ4n) is 2.29. The van der Waals surface area contributed by atoms with Gasteiger partial charge in [0.2, 0.25) is 0 Å². The Bertz CT molecular complexity index is 470. The fourth-order valence-corrected chi connectivity index (χ4v) is 2.55. The van der Waals surface area contributed by atoms with E-state index in [0.29, 0.717) is 13.1 Å². The van der Waals surface area contributed by atoms with Crippen LogP contribution in [0.2, 0.25) is 0 Å². The summed E-state index contributed by atoms with van der Waals surface area (Å²) in [5, 5.41) is 0. The molecule has 1 heterocycles. The van der Waals surface area contributed by atoms with E-state index in [1.165, 1.54) is 5.56 Å². The molecule has 0 aliphatic carbocycles. The third-order valence-electron chi connectivity index (χ3n) is 3.27. The van der Waals surface area contributed by atoms with Crippen LogP contribution in [0.3, 0.4) is 0 Å². The maximum absolute atomic E-state index is 11.9. The summed E-state index contributed by atoms with van der Waals surface area (Å²) in [4.78, 5) is 13.7. The first kappa shape index (κ1) is 14.4. The van der Waals surface area contributed by atoms with Gasteiger partial charge in [0, 0.05) is 23.0 Å². The number of benzene rings is 1. The normalized spacial score (nSPS) is 17.8. The minimum atomic E-state index is -0.430. The van der Waals surface area contributed by atoms with Crippen LogP contribution in [-0.2, 0) is 10.2 Å². The standard InChI is InChI=1S/C15H20BrNO2/c1-14(2,3)19-13(18)17-9-15(4,10-17)11-5-7-12(16)8-6-11/h5-8H,9-10H2,1-4H3. The Kier molecular flexibility index (Phi) is 3.65. The van der Waals surface area contributed by atoms with Gasteiger partial charge in [-0.05, 0) is 38.5 Å². The lowest BCUT2D eigenvalue weighted by atomic mass is 9.76. The van der Waals surface area contributed by atoms with Gasteiger partial charge in [-0.25, -0.2) is 4.79 Å². The number of rotatable bonds is 1. The molecule has 1 aliphatic rings. The Labute approximate surface area is 123 Å². The molecule has 1 aromatic rings. The number of ether oxygens (including phenoxy) is 1. The maximum Gasteiger partial charge on any atom is 0.410 e. The van der Waals surface area contributed by atoms with E-state index in [2.05, 4.69) is 35.0 Å². The van der Waals surface area contributed by atoms with E-state index < -0.39 is 5.60 Å². The number of nitrogens with zero attached hydrogens (tertiary/aromatic N) is 1. The molecule has 1 amide bonds. The van der Waals surface area contributed by atoms with Crippen LogP contribution in [-0.4, -0.2) is 29.7 Å². The van der Waals surface area contributed by atoms with Crippen LogP contribution in [0.4, 0.5) is 4.79 Å². The summed E-state index contributed by atoms with van der Waals surface area (Å²) in [6.07, 6.45) is -0.220. The van der Waals surface area contributed by atoms with Crippen molar-refractivity contribution in [2.75, 3.05) is 13.1 Å². The molecule has 4 heteroatoms. The number of halogens is 1. The SMILES string of the molecule is CC(C)(C)OC(=O)N1CC(C)(c2ccc(Br)cc2)C1. The number of carbonyl (C=O) groups excluding carboxylic acids is 1. The number of likely N-dealkylation sites (tertiary alicyclic amines) is 1. The molecule has 19 heavy (non-hydrogen) atoms. The van der Waals surface area contributed by atoms with Crippen molar-refractivity contribution in [2.45, 2.75) is 38.7 Å². The van der Waals surface area contributed by atoms with E-state index in [9.17, 15) is 4.79 Å². The Balaban J connectivity index is 1.98. The smallest absolute Gasteiger partial charge is 0.410 e. The first-order valence-corrected chi connectivity index (χ1v) is 7.23. The highest BCUT2D eigenvalue weighted by Crippen LogP contribution is 2.35. The molecule has 0 atom stereocenters. The van der Waals surface area contributed by atoms with Crippen molar-refractivity contribution < 1.29 is 9.53 Å². The summed E-state index contributed by atoms with van der Waals surface area (Å²) in [5.74, 6) is 0. The molecule has 3 nitrogen and oxygen atoms in total. The number of carbonyl (C=O) groups is 1.